The third kappa shape index (κ3) is 6.76. The van der Waals surface area contributed by atoms with Crippen molar-refractivity contribution < 1.29 is 24.2 Å². The van der Waals surface area contributed by atoms with Crippen LogP contribution < -0.4 is 10.6 Å². The first-order valence-corrected chi connectivity index (χ1v) is 7.60. The molecular formula is C12H20N2O5S. The molecule has 3 N–H and O–H groups in total. The third-order valence-electron chi connectivity index (χ3n) is 2.74. The Kier molecular flexibility index (Phi) is 7.38. The zero-order valence-corrected chi connectivity index (χ0v) is 12.2. The van der Waals surface area contributed by atoms with E-state index in [2.05, 4.69) is 10.6 Å². The normalized spacial score (nSPS) is 19.4. The SMILES string of the molecule is CC(=O)N[C@@H](CSCC(=O)NCC1CCCO1)C(=O)O. The third-order valence-corrected chi connectivity index (χ3v) is 3.78. The summed E-state index contributed by atoms with van der Waals surface area (Å²) in [5.41, 5.74) is 0. The van der Waals surface area contributed by atoms with E-state index in [0.29, 0.717) is 6.54 Å². The summed E-state index contributed by atoms with van der Waals surface area (Å²) in [6, 6.07) is -0.969. The van der Waals surface area contributed by atoms with Gasteiger partial charge in [0.25, 0.3) is 0 Å². The van der Waals surface area contributed by atoms with Crippen molar-refractivity contribution in [3.05, 3.63) is 0 Å². The second-order valence-corrected chi connectivity index (χ2v) is 5.58. The molecule has 1 heterocycles. The Balaban J connectivity index is 2.15. The molecule has 0 aromatic heterocycles. The van der Waals surface area contributed by atoms with Crippen molar-refractivity contribution in [1.29, 1.82) is 0 Å². The molecule has 2 amide bonds. The number of rotatable bonds is 8. The monoisotopic (exact) mass is 304 g/mol. The number of ether oxygens (including phenoxy) is 1. The molecule has 0 aliphatic carbocycles. The lowest BCUT2D eigenvalue weighted by molar-refractivity contribution is -0.140. The van der Waals surface area contributed by atoms with Gasteiger partial charge in [0.15, 0.2) is 0 Å². The number of carbonyl (C=O) groups is 3. The molecule has 8 heteroatoms. The minimum absolute atomic E-state index is 0.0927. The van der Waals surface area contributed by atoms with Crippen molar-refractivity contribution in [2.45, 2.75) is 31.9 Å². The Morgan fingerprint density at radius 2 is 2.20 bits per heavy atom. The van der Waals surface area contributed by atoms with Crippen molar-refractivity contribution in [2.75, 3.05) is 24.7 Å². The molecule has 0 saturated carbocycles. The van der Waals surface area contributed by atoms with Gasteiger partial charge in [-0.05, 0) is 12.8 Å². The Bertz CT molecular complexity index is 358. The van der Waals surface area contributed by atoms with E-state index in [0.717, 1.165) is 19.4 Å². The van der Waals surface area contributed by atoms with Crippen LogP contribution in [0.1, 0.15) is 19.8 Å². The van der Waals surface area contributed by atoms with E-state index in [1.54, 1.807) is 0 Å². The molecule has 114 valence electrons. The van der Waals surface area contributed by atoms with Gasteiger partial charge in [-0.3, -0.25) is 9.59 Å². The topological polar surface area (TPSA) is 105 Å². The number of hydrogen-bond acceptors (Lipinski definition) is 5. The van der Waals surface area contributed by atoms with E-state index < -0.39 is 17.9 Å². The van der Waals surface area contributed by atoms with Crippen LogP contribution >= 0.6 is 11.8 Å². The molecular weight excluding hydrogens is 284 g/mol. The Morgan fingerprint density at radius 3 is 2.75 bits per heavy atom. The predicted molar refractivity (Wildman–Crippen MR) is 74.5 cm³/mol. The number of nitrogens with one attached hydrogen (secondary N) is 2. The van der Waals surface area contributed by atoms with E-state index in [-0.39, 0.29) is 23.5 Å². The van der Waals surface area contributed by atoms with Gasteiger partial charge < -0.3 is 20.5 Å². The minimum atomic E-state index is -1.10. The molecule has 7 nitrogen and oxygen atoms in total. The van der Waals surface area contributed by atoms with Gasteiger partial charge in [-0.2, -0.15) is 0 Å². The second-order valence-electron chi connectivity index (χ2n) is 4.55. The minimum Gasteiger partial charge on any atom is -0.480 e. The number of amides is 2. The van der Waals surface area contributed by atoms with Crippen LogP contribution in [0.2, 0.25) is 0 Å². The Labute approximate surface area is 121 Å². The van der Waals surface area contributed by atoms with Crippen LogP contribution in [0.3, 0.4) is 0 Å². The van der Waals surface area contributed by atoms with Crippen LogP contribution in [0.5, 0.6) is 0 Å². The van der Waals surface area contributed by atoms with Crippen molar-refractivity contribution in [3.63, 3.8) is 0 Å². The molecule has 0 aromatic carbocycles. The van der Waals surface area contributed by atoms with Crippen molar-refractivity contribution >= 4 is 29.5 Å². The van der Waals surface area contributed by atoms with E-state index in [4.69, 9.17) is 9.84 Å². The fourth-order valence-corrected chi connectivity index (χ4v) is 2.64. The van der Waals surface area contributed by atoms with E-state index in [1.165, 1.54) is 18.7 Å². The maximum Gasteiger partial charge on any atom is 0.327 e. The number of carboxylic acid groups (broad SMARTS) is 1. The highest BCUT2D eigenvalue weighted by Gasteiger charge is 2.19. The fourth-order valence-electron chi connectivity index (χ4n) is 1.77. The van der Waals surface area contributed by atoms with Gasteiger partial charge in [-0.25, -0.2) is 4.79 Å². The maximum atomic E-state index is 11.6. The summed E-state index contributed by atoms with van der Waals surface area (Å²) in [5, 5.41) is 14.0. The number of carboxylic acids is 1. The summed E-state index contributed by atoms with van der Waals surface area (Å²) >= 11 is 1.17. The van der Waals surface area contributed by atoms with Gasteiger partial charge in [-0.15, -0.1) is 11.8 Å². The quantitative estimate of drug-likeness (QED) is 0.564. The molecule has 1 saturated heterocycles. The molecule has 0 aromatic rings. The highest BCUT2D eigenvalue weighted by Crippen LogP contribution is 2.10. The molecule has 1 rings (SSSR count). The molecule has 1 unspecified atom stereocenters. The van der Waals surface area contributed by atoms with Crippen LogP contribution in [0, 0.1) is 0 Å². The van der Waals surface area contributed by atoms with Gasteiger partial charge in [0, 0.05) is 25.8 Å². The van der Waals surface area contributed by atoms with Crippen LogP contribution in [0.4, 0.5) is 0 Å². The van der Waals surface area contributed by atoms with Gasteiger partial charge in [0.2, 0.25) is 11.8 Å². The zero-order chi connectivity index (χ0) is 15.0. The Hall–Kier alpha value is -1.28. The summed E-state index contributed by atoms with van der Waals surface area (Å²) in [7, 11) is 0. The summed E-state index contributed by atoms with van der Waals surface area (Å²) in [5.74, 6) is -1.34. The van der Waals surface area contributed by atoms with Crippen LogP contribution in [-0.4, -0.2) is 59.7 Å². The molecule has 1 aliphatic heterocycles. The van der Waals surface area contributed by atoms with E-state index in [9.17, 15) is 14.4 Å². The van der Waals surface area contributed by atoms with Crippen molar-refractivity contribution in [2.24, 2.45) is 0 Å². The van der Waals surface area contributed by atoms with Gasteiger partial charge in [-0.1, -0.05) is 0 Å². The lowest BCUT2D eigenvalue weighted by Gasteiger charge is -2.13. The molecule has 0 radical (unpaired) electrons. The molecule has 20 heavy (non-hydrogen) atoms. The van der Waals surface area contributed by atoms with Gasteiger partial charge in [0.1, 0.15) is 6.04 Å². The zero-order valence-electron chi connectivity index (χ0n) is 11.4. The van der Waals surface area contributed by atoms with E-state index >= 15 is 0 Å². The predicted octanol–water partition coefficient (Wildman–Crippen LogP) is -0.396. The van der Waals surface area contributed by atoms with Gasteiger partial charge >= 0.3 is 5.97 Å². The summed E-state index contributed by atoms with van der Waals surface area (Å²) < 4.78 is 5.37. The molecule has 0 spiro atoms. The van der Waals surface area contributed by atoms with Crippen molar-refractivity contribution in [3.8, 4) is 0 Å². The highest BCUT2D eigenvalue weighted by molar-refractivity contribution is 8.00. The summed E-state index contributed by atoms with van der Waals surface area (Å²) in [6.07, 6.45) is 2.07. The van der Waals surface area contributed by atoms with Crippen LogP contribution in [0.25, 0.3) is 0 Å². The number of aliphatic carboxylic acids is 1. The first-order chi connectivity index (χ1) is 9.49. The van der Waals surface area contributed by atoms with E-state index in [1.807, 2.05) is 0 Å². The average Bonchev–Trinajstić information content (AvgIpc) is 2.87. The molecule has 1 aliphatic rings. The molecule has 0 bridgehead atoms. The molecule has 2 atom stereocenters. The van der Waals surface area contributed by atoms with Crippen LogP contribution in [0.15, 0.2) is 0 Å². The first kappa shape index (κ1) is 16.8. The lowest BCUT2D eigenvalue weighted by atomic mass is 10.2. The van der Waals surface area contributed by atoms with Gasteiger partial charge in [0.05, 0.1) is 11.9 Å². The summed E-state index contributed by atoms with van der Waals surface area (Å²) in [6.45, 7) is 2.49. The molecule has 1 fully saturated rings. The smallest absolute Gasteiger partial charge is 0.327 e. The van der Waals surface area contributed by atoms with Crippen molar-refractivity contribution in [1.82, 2.24) is 10.6 Å². The standard InChI is InChI=1S/C12H20N2O5S/c1-8(15)14-10(12(17)18)6-20-7-11(16)13-5-9-3-2-4-19-9/h9-10H,2-7H2,1H3,(H,13,16)(H,14,15)(H,17,18)/t9?,10-/m0/s1. The fraction of sp³-hybridized carbons (Fsp3) is 0.750. The number of thioether (sulfide) groups is 1. The average molecular weight is 304 g/mol. The number of carbonyl (C=O) groups excluding carboxylic acids is 2. The Morgan fingerprint density at radius 1 is 1.45 bits per heavy atom. The first-order valence-electron chi connectivity index (χ1n) is 6.45. The highest BCUT2D eigenvalue weighted by atomic mass is 32.2. The second kappa shape index (κ2) is 8.80. The maximum absolute atomic E-state index is 11.6. The largest absolute Gasteiger partial charge is 0.480 e. The number of hydrogen-bond donors (Lipinski definition) is 3. The summed E-state index contributed by atoms with van der Waals surface area (Å²) in [4.78, 5) is 33.2. The van der Waals surface area contributed by atoms with Crippen LogP contribution in [-0.2, 0) is 19.1 Å². The lowest BCUT2D eigenvalue weighted by Crippen LogP contribution is -2.42.